The van der Waals surface area contributed by atoms with Crippen LogP contribution in [0.25, 0.3) is 0 Å². The van der Waals surface area contributed by atoms with Crippen LogP contribution in [0.1, 0.15) is 18.9 Å². The molecule has 2 aliphatic heterocycles. The minimum Gasteiger partial charge on any atom is -0.365 e. The summed E-state index contributed by atoms with van der Waals surface area (Å²) in [5, 5.41) is 5.49. The highest BCUT2D eigenvalue weighted by Gasteiger charge is 2.30. The maximum atomic E-state index is 13.8. The van der Waals surface area contributed by atoms with Crippen molar-refractivity contribution >= 4 is 46.4 Å². The van der Waals surface area contributed by atoms with Gasteiger partial charge in [-0.05, 0) is 55.3 Å². The fourth-order valence-corrected chi connectivity index (χ4v) is 4.10. The summed E-state index contributed by atoms with van der Waals surface area (Å²) in [7, 11) is 0. The second-order valence-electron chi connectivity index (χ2n) is 7.77. The highest BCUT2D eigenvalue weighted by Crippen LogP contribution is 2.27. The quantitative estimate of drug-likeness (QED) is 0.697. The van der Waals surface area contributed by atoms with E-state index in [1.54, 1.807) is 24.3 Å². The predicted molar refractivity (Wildman–Crippen MR) is 117 cm³/mol. The van der Waals surface area contributed by atoms with Crippen LogP contribution in [0.5, 0.6) is 0 Å². The van der Waals surface area contributed by atoms with Gasteiger partial charge in [0, 0.05) is 49.2 Å². The molecule has 2 aliphatic rings. The van der Waals surface area contributed by atoms with Crippen LogP contribution < -0.4 is 15.5 Å². The standard InChI is InChI=1S/C22H22ClFN4O3/c1-13-12-27(8-9-28(13)16-4-5-17(23)18(24)11-16)22(31)21(30)25-15-3-6-19-14(10-15)2-7-20(29)26-19/h3-6,10-11,13H,2,7-9,12H2,1H3,(H,25,30)(H,26,29)/t13-/m1/s1. The van der Waals surface area contributed by atoms with Gasteiger partial charge in [-0.3, -0.25) is 14.4 Å². The molecule has 2 N–H and O–H groups in total. The summed E-state index contributed by atoms with van der Waals surface area (Å²) in [6.07, 6.45) is 0.979. The number of rotatable bonds is 2. The number of carbonyl (C=O) groups excluding carboxylic acids is 3. The van der Waals surface area contributed by atoms with E-state index in [0.717, 1.165) is 11.3 Å². The highest BCUT2D eigenvalue weighted by atomic mass is 35.5. The normalized spacial score (nSPS) is 18.3. The number of hydrogen-bond donors (Lipinski definition) is 2. The number of carbonyl (C=O) groups is 3. The summed E-state index contributed by atoms with van der Waals surface area (Å²) in [5.41, 5.74) is 2.84. The lowest BCUT2D eigenvalue weighted by Crippen LogP contribution is -2.55. The topological polar surface area (TPSA) is 81.8 Å². The van der Waals surface area contributed by atoms with Crippen LogP contribution in [0.4, 0.5) is 21.5 Å². The fraction of sp³-hybridized carbons (Fsp3) is 0.318. The molecular weight excluding hydrogens is 423 g/mol. The van der Waals surface area contributed by atoms with E-state index in [-0.39, 0.29) is 17.0 Å². The largest absolute Gasteiger partial charge is 0.365 e. The monoisotopic (exact) mass is 444 g/mol. The third kappa shape index (κ3) is 4.49. The van der Waals surface area contributed by atoms with Crippen LogP contribution >= 0.6 is 11.6 Å². The number of benzene rings is 2. The van der Waals surface area contributed by atoms with Crippen molar-refractivity contribution < 1.29 is 18.8 Å². The van der Waals surface area contributed by atoms with Crippen LogP contribution in [0.2, 0.25) is 5.02 Å². The van der Waals surface area contributed by atoms with E-state index in [9.17, 15) is 18.8 Å². The summed E-state index contributed by atoms with van der Waals surface area (Å²) in [4.78, 5) is 40.2. The summed E-state index contributed by atoms with van der Waals surface area (Å²) < 4.78 is 13.8. The number of hydrogen-bond acceptors (Lipinski definition) is 4. The SMILES string of the molecule is C[C@@H]1CN(C(=O)C(=O)Nc2ccc3c(c2)CCC(=O)N3)CCN1c1ccc(Cl)c(F)c1. The lowest BCUT2D eigenvalue weighted by molar-refractivity contribution is -0.143. The zero-order valence-corrected chi connectivity index (χ0v) is 17.7. The Labute approximate surface area is 184 Å². The maximum absolute atomic E-state index is 13.8. The van der Waals surface area contributed by atoms with E-state index in [1.807, 2.05) is 11.8 Å². The van der Waals surface area contributed by atoms with E-state index in [1.165, 1.54) is 17.0 Å². The molecule has 7 nitrogen and oxygen atoms in total. The Kier molecular flexibility index (Phi) is 5.82. The first kappa shape index (κ1) is 21.1. The Morgan fingerprint density at radius 3 is 2.71 bits per heavy atom. The number of nitrogens with one attached hydrogen (secondary N) is 2. The molecule has 0 unspecified atom stereocenters. The molecular formula is C22H22ClFN4O3. The van der Waals surface area contributed by atoms with Gasteiger partial charge in [0.25, 0.3) is 0 Å². The van der Waals surface area contributed by atoms with Gasteiger partial charge in [0.1, 0.15) is 5.82 Å². The van der Waals surface area contributed by atoms with Crippen LogP contribution in [0.15, 0.2) is 36.4 Å². The number of anilines is 3. The average Bonchev–Trinajstić information content (AvgIpc) is 2.75. The molecule has 2 aromatic rings. The molecule has 0 aromatic heterocycles. The van der Waals surface area contributed by atoms with Gasteiger partial charge in [-0.25, -0.2) is 4.39 Å². The number of halogens is 2. The molecule has 9 heteroatoms. The van der Waals surface area contributed by atoms with E-state index in [0.29, 0.717) is 43.9 Å². The Morgan fingerprint density at radius 1 is 1.16 bits per heavy atom. The van der Waals surface area contributed by atoms with E-state index >= 15 is 0 Å². The molecule has 1 fully saturated rings. The Bertz CT molecular complexity index is 1060. The molecule has 0 aliphatic carbocycles. The van der Waals surface area contributed by atoms with Crippen molar-refractivity contribution in [3.8, 4) is 0 Å². The molecule has 0 spiro atoms. The van der Waals surface area contributed by atoms with Gasteiger partial charge in [-0.1, -0.05) is 11.6 Å². The van der Waals surface area contributed by atoms with Crippen molar-refractivity contribution in [2.45, 2.75) is 25.8 Å². The number of fused-ring (bicyclic) bond motifs is 1. The first-order valence-corrected chi connectivity index (χ1v) is 10.4. The smallest absolute Gasteiger partial charge is 0.313 e. The molecule has 1 saturated heterocycles. The van der Waals surface area contributed by atoms with Gasteiger partial charge in [-0.15, -0.1) is 0 Å². The summed E-state index contributed by atoms with van der Waals surface area (Å²) in [6, 6.07) is 9.68. The van der Waals surface area contributed by atoms with Gasteiger partial charge in [0.2, 0.25) is 5.91 Å². The summed E-state index contributed by atoms with van der Waals surface area (Å²) >= 11 is 5.76. The first-order valence-electron chi connectivity index (χ1n) is 10.1. The maximum Gasteiger partial charge on any atom is 0.313 e. The number of nitrogens with zero attached hydrogens (tertiary/aromatic N) is 2. The minimum atomic E-state index is -0.710. The summed E-state index contributed by atoms with van der Waals surface area (Å²) in [6.45, 7) is 3.07. The van der Waals surface area contributed by atoms with E-state index < -0.39 is 17.6 Å². The third-order valence-electron chi connectivity index (χ3n) is 5.60. The van der Waals surface area contributed by atoms with Gasteiger partial charge in [-0.2, -0.15) is 0 Å². The Hall–Kier alpha value is -3.13. The fourth-order valence-electron chi connectivity index (χ4n) is 3.98. The molecule has 0 bridgehead atoms. The van der Waals surface area contributed by atoms with Crippen LogP contribution in [0.3, 0.4) is 0 Å². The zero-order chi connectivity index (χ0) is 22.1. The molecule has 1 atom stereocenters. The first-order chi connectivity index (χ1) is 14.8. The minimum absolute atomic E-state index is 0.0333. The zero-order valence-electron chi connectivity index (χ0n) is 17.0. The third-order valence-corrected chi connectivity index (χ3v) is 5.91. The van der Waals surface area contributed by atoms with Crippen molar-refractivity contribution in [2.75, 3.05) is 35.2 Å². The molecule has 4 rings (SSSR count). The average molecular weight is 445 g/mol. The van der Waals surface area contributed by atoms with Gasteiger partial charge >= 0.3 is 11.8 Å². The molecule has 0 saturated carbocycles. The highest BCUT2D eigenvalue weighted by molar-refractivity contribution is 6.39. The van der Waals surface area contributed by atoms with Crippen LogP contribution in [-0.4, -0.2) is 48.3 Å². The second kappa shape index (κ2) is 8.55. The van der Waals surface area contributed by atoms with Crippen molar-refractivity contribution in [2.24, 2.45) is 0 Å². The number of aryl methyl sites for hydroxylation is 1. The van der Waals surface area contributed by atoms with E-state index in [2.05, 4.69) is 10.6 Å². The lowest BCUT2D eigenvalue weighted by atomic mass is 10.0. The molecule has 2 aromatic carbocycles. The van der Waals surface area contributed by atoms with E-state index in [4.69, 9.17) is 11.6 Å². The van der Waals surface area contributed by atoms with Crippen molar-refractivity contribution in [1.29, 1.82) is 0 Å². The van der Waals surface area contributed by atoms with Crippen molar-refractivity contribution in [3.05, 3.63) is 52.8 Å². The van der Waals surface area contributed by atoms with Gasteiger partial charge in [0.05, 0.1) is 5.02 Å². The number of amides is 3. The lowest BCUT2D eigenvalue weighted by Gasteiger charge is -2.41. The van der Waals surface area contributed by atoms with Crippen molar-refractivity contribution in [1.82, 2.24) is 4.90 Å². The van der Waals surface area contributed by atoms with Crippen molar-refractivity contribution in [3.63, 3.8) is 0 Å². The Morgan fingerprint density at radius 2 is 1.97 bits per heavy atom. The summed E-state index contributed by atoms with van der Waals surface area (Å²) in [5.74, 6) is -1.85. The molecule has 3 amide bonds. The second-order valence-corrected chi connectivity index (χ2v) is 8.17. The van der Waals surface area contributed by atoms with Crippen LogP contribution in [0, 0.1) is 5.82 Å². The number of piperazine rings is 1. The van der Waals surface area contributed by atoms with Gasteiger partial charge in [0.15, 0.2) is 0 Å². The molecule has 2 heterocycles. The molecule has 0 radical (unpaired) electrons. The molecule has 31 heavy (non-hydrogen) atoms. The Balaban J connectivity index is 1.38. The van der Waals surface area contributed by atoms with Gasteiger partial charge < -0.3 is 20.4 Å². The predicted octanol–water partition coefficient (Wildman–Crippen LogP) is 3.04. The van der Waals surface area contributed by atoms with Crippen LogP contribution in [-0.2, 0) is 20.8 Å². The molecule has 162 valence electrons.